The molecule has 0 saturated carbocycles. The van der Waals surface area contributed by atoms with E-state index < -0.39 is 0 Å². The van der Waals surface area contributed by atoms with Gasteiger partial charge < -0.3 is 4.42 Å². The van der Waals surface area contributed by atoms with Crippen molar-refractivity contribution in [3.63, 3.8) is 0 Å². The summed E-state index contributed by atoms with van der Waals surface area (Å²) in [7, 11) is 0. The van der Waals surface area contributed by atoms with Crippen molar-refractivity contribution in [2.45, 2.75) is 19.8 Å². The Kier molecular flexibility index (Phi) is 2.85. The highest BCUT2D eigenvalue weighted by Crippen LogP contribution is 2.19. The van der Waals surface area contributed by atoms with Gasteiger partial charge in [-0.15, -0.1) is 0 Å². The number of oxazole rings is 1. The normalized spacial score (nSPS) is 10.9. The van der Waals surface area contributed by atoms with Gasteiger partial charge in [-0.1, -0.05) is 43.3 Å². The molecule has 2 aromatic carbocycles. The second-order valence-electron chi connectivity index (χ2n) is 4.43. The maximum Gasteiger partial charge on any atom is 0.199 e. The van der Waals surface area contributed by atoms with Crippen LogP contribution in [0.3, 0.4) is 0 Å². The molecule has 0 aliphatic carbocycles. The third kappa shape index (κ3) is 2.14. The van der Waals surface area contributed by atoms with Crippen molar-refractivity contribution in [1.82, 2.24) is 4.98 Å². The smallest absolute Gasteiger partial charge is 0.199 e. The molecule has 0 amide bonds. The van der Waals surface area contributed by atoms with E-state index in [0.717, 1.165) is 29.8 Å². The molecule has 2 heteroatoms. The summed E-state index contributed by atoms with van der Waals surface area (Å²) in [4.78, 5) is 4.55. The average molecular weight is 237 g/mol. The number of aryl methyl sites for hydroxylation is 1. The van der Waals surface area contributed by atoms with E-state index in [1.807, 2.05) is 24.3 Å². The van der Waals surface area contributed by atoms with E-state index in [2.05, 4.69) is 36.2 Å². The van der Waals surface area contributed by atoms with E-state index in [-0.39, 0.29) is 0 Å². The van der Waals surface area contributed by atoms with E-state index in [1.165, 1.54) is 11.1 Å². The molecule has 3 aromatic rings. The first-order chi connectivity index (χ1) is 8.85. The molecule has 90 valence electrons. The fourth-order valence-electron chi connectivity index (χ4n) is 2.09. The van der Waals surface area contributed by atoms with Crippen LogP contribution in [0.15, 0.2) is 52.9 Å². The van der Waals surface area contributed by atoms with Crippen molar-refractivity contribution in [3.8, 4) is 0 Å². The van der Waals surface area contributed by atoms with Crippen LogP contribution in [0.1, 0.15) is 23.9 Å². The topological polar surface area (TPSA) is 26.0 Å². The monoisotopic (exact) mass is 237 g/mol. The van der Waals surface area contributed by atoms with Crippen LogP contribution in [0.2, 0.25) is 0 Å². The van der Waals surface area contributed by atoms with Crippen LogP contribution in [0, 0.1) is 0 Å². The third-order valence-corrected chi connectivity index (χ3v) is 3.10. The molecule has 2 nitrogen and oxygen atoms in total. The maximum absolute atomic E-state index is 5.76. The standard InChI is InChI=1S/C16H15NO/c1-2-12-8-9-15-14(10-12)17-16(18-15)11-13-6-4-3-5-7-13/h3-10H,2,11H2,1H3. The fourth-order valence-corrected chi connectivity index (χ4v) is 2.09. The second kappa shape index (κ2) is 4.65. The molecule has 0 atom stereocenters. The van der Waals surface area contributed by atoms with E-state index >= 15 is 0 Å². The zero-order chi connectivity index (χ0) is 12.4. The Labute approximate surface area is 106 Å². The van der Waals surface area contributed by atoms with Crippen LogP contribution in [0.5, 0.6) is 0 Å². The fraction of sp³-hybridized carbons (Fsp3) is 0.188. The first-order valence-corrected chi connectivity index (χ1v) is 6.27. The summed E-state index contributed by atoms with van der Waals surface area (Å²) < 4.78 is 5.76. The quantitative estimate of drug-likeness (QED) is 0.688. The van der Waals surface area contributed by atoms with Crippen LogP contribution >= 0.6 is 0 Å². The lowest BCUT2D eigenvalue weighted by Crippen LogP contribution is -1.86. The molecule has 0 fully saturated rings. The molecule has 0 aliphatic rings. The number of benzene rings is 2. The van der Waals surface area contributed by atoms with Gasteiger partial charge in [-0.05, 0) is 29.7 Å². The summed E-state index contributed by atoms with van der Waals surface area (Å²) in [6.07, 6.45) is 1.77. The lowest BCUT2D eigenvalue weighted by Gasteiger charge is -1.94. The first kappa shape index (κ1) is 11.0. The highest BCUT2D eigenvalue weighted by atomic mass is 16.3. The summed E-state index contributed by atoms with van der Waals surface area (Å²) in [5.74, 6) is 0.782. The molecule has 0 spiro atoms. The Bertz CT molecular complexity index is 655. The molecule has 0 bridgehead atoms. The van der Waals surface area contributed by atoms with Gasteiger partial charge in [-0.25, -0.2) is 4.98 Å². The average Bonchev–Trinajstić information content (AvgIpc) is 2.80. The highest BCUT2D eigenvalue weighted by Gasteiger charge is 2.06. The number of hydrogen-bond donors (Lipinski definition) is 0. The summed E-state index contributed by atoms with van der Waals surface area (Å²) >= 11 is 0. The van der Waals surface area contributed by atoms with Gasteiger partial charge in [0.2, 0.25) is 0 Å². The summed E-state index contributed by atoms with van der Waals surface area (Å²) in [5, 5.41) is 0. The van der Waals surface area contributed by atoms with Crippen molar-refractivity contribution in [3.05, 3.63) is 65.5 Å². The number of aromatic nitrogens is 1. The van der Waals surface area contributed by atoms with Gasteiger partial charge in [0.1, 0.15) is 5.52 Å². The Balaban J connectivity index is 1.94. The zero-order valence-corrected chi connectivity index (χ0v) is 10.4. The van der Waals surface area contributed by atoms with Gasteiger partial charge in [0.25, 0.3) is 0 Å². The lowest BCUT2D eigenvalue weighted by atomic mass is 10.1. The largest absolute Gasteiger partial charge is 0.440 e. The van der Waals surface area contributed by atoms with Crippen LogP contribution in [-0.2, 0) is 12.8 Å². The van der Waals surface area contributed by atoms with Crippen molar-refractivity contribution >= 4 is 11.1 Å². The lowest BCUT2D eigenvalue weighted by molar-refractivity contribution is 0.544. The second-order valence-corrected chi connectivity index (χ2v) is 4.43. The minimum atomic E-state index is 0.747. The van der Waals surface area contributed by atoms with Crippen molar-refractivity contribution in [2.24, 2.45) is 0 Å². The minimum absolute atomic E-state index is 0.747. The number of fused-ring (bicyclic) bond motifs is 1. The van der Waals surface area contributed by atoms with Crippen LogP contribution in [0.25, 0.3) is 11.1 Å². The Hall–Kier alpha value is -2.09. The highest BCUT2D eigenvalue weighted by molar-refractivity contribution is 5.73. The SMILES string of the molecule is CCc1ccc2oc(Cc3ccccc3)nc2c1. The molecule has 1 heterocycles. The van der Waals surface area contributed by atoms with Gasteiger partial charge in [-0.2, -0.15) is 0 Å². The van der Waals surface area contributed by atoms with Crippen LogP contribution < -0.4 is 0 Å². The molecule has 0 saturated heterocycles. The molecular formula is C16H15NO. The van der Waals surface area contributed by atoms with Gasteiger partial charge in [0.05, 0.1) is 0 Å². The van der Waals surface area contributed by atoms with Crippen LogP contribution in [0.4, 0.5) is 0 Å². The van der Waals surface area contributed by atoms with Crippen molar-refractivity contribution in [2.75, 3.05) is 0 Å². The Morgan fingerprint density at radius 1 is 1.00 bits per heavy atom. The molecular weight excluding hydrogens is 222 g/mol. The summed E-state index contributed by atoms with van der Waals surface area (Å²) in [6.45, 7) is 2.14. The van der Waals surface area contributed by atoms with Gasteiger partial charge in [0, 0.05) is 6.42 Å². The maximum atomic E-state index is 5.76. The van der Waals surface area contributed by atoms with Crippen molar-refractivity contribution < 1.29 is 4.42 Å². The number of rotatable bonds is 3. The molecule has 18 heavy (non-hydrogen) atoms. The molecule has 0 N–H and O–H groups in total. The molecule has 0 aliphatic heterocycles. The molecule has 1 aromatic heterocycles. The van der Waals surface area contributed by atoms with E-state index in [1.54, 1.807) is 0 Å². The summed E-state index contributed by atoms with van der Waals surface area (Å²) in [5.41, 5.74) is 4.35. The molecule has 0 unspecified atom stereocenters. The van der Waals surface area contributed by atoms with E-state index in [4.69, 9.17) is 4.42 Å². The van der Waals surface area contributed by atoms with Gasteiger partial charge in [-0.3, -0.25) is 0 Å². The van der Waals surface area contributed by atoms with Crippen molar-refractivity contribution in [1.29, 1.82) is 0 Å². The zero-order valence-electron chi connectivity index (χ0n) is 10.4. The molecule has 0 radical (unpaired) electrons. The van der Waals surface area contributed by atoms with Gasteiger partial charge >= 0.3 is 0 Å². The predicted octanol–water partition coefficient (Wildman–Crippen LogP) is 3.98. The Morgan fingerprint density at radius 2 is 1.83 bits per heavy atom. The molecule has 3 rings (SSSR count). The van der Waals surface area contributed by atoms with Gasteiger partial charge in [0.15, 0.2) is 11.5 Å². The van der Waals surface area contributed by atoms with E-state index in [9.17, 15) is 0 Å². The number of nitrogens with zero attached hydrogens (tertiary/aromatic N) is 1. The first-order valence-electron chi connectivity index (χ1n) is 6.27. The van der Waals surface area contributed by atoms with E-state index in [0.29, 0.717) is 0 Å². The predicted molar refractivity (Wildman–Crippen MR) is 72.6 cm³/mol. The Morgan fingerprint density at radius 3 is 2.61 bits per heavy atom. The van der Waals surface area contributed by atoms with Crippen LogP contribution in [-0.4, -0.2) is 4.98 Å². The minimum Gasteiger partial charge on any atom is -0.440 e. The summed E-state index contributed by atoms with van der Waals surface area (Å²) in [6, 6.07) is 16.5. The number of hydrogen-bond acceptors (Lipinski definition) is 2. The third-order valence-electron chi connectivity index (χ3n) is 3.10.